The molecule has 0 saturated heterocycles. The first kappa shape index (κ1) is 29.4. The summed E-state index contributed by atoms with van der Waals surface area (Å²) in [5, 5.41) is 13.6. The van der Waals surface area contributed by atoms with Gasteiger partial charge in [0.25, 0.3) is 0 Å². The van der Waals surface area contributed by atoms with Gasteiger partial charge in [-0.05, 0) is 58.6 Å². The molecule has 5 heterocycles. The van der Waals surface area contributed by atoms with Crippen LogP contribution in [0, 0.1) is 0 Å². The third-order valence-corrected chi connectivity index (χ3v) is 12.8. The number of rotatable bonds is 2. The molecule has 13 aromatic rings. The van der Waals surface area contributed by atoms with Gasteiger partial charge in [-0.25, -0.2) is 9.97 Å². The van der Waals surface area contributed by atoms with E-state index in [-0.39, 0.29) is 0 Å². The smallest absolute Gasteiger partial charge is 0.235 e. The van der Waals surface area contributed by atoms with Gasteiger partial charge >= 0.3 is 0 Å². The summed E-state index contributed by atoms with van der Waals surface area (Å²) in [5.41, 5.74) is 8.71. The number of aromatic nitrogens is 4. The summed E-state index contributed by atoms with van der Waals surface area (Å²) < 4.78 is 7.43. The maximum atomic E-state index is 5.38. The Kier molecular flexibility index (Phi) is 5.74. The lowest BCUT2D eigenvalue weighted by Gasteiger charge is -2.11. The zero-order valence-corrected chi connectivity index (χ0v) is 30.2. The third kappa shape index (κ3) is 3.84. The largest absolute Gasteiger partial charge is 0.308 e. The molecular weight excluding hydrogens is 689 g/mol. The van der Waals surface area contributed by atoms with E-state index < -0.39 is 0 Å². The maximum absolute atomic E-state index is 5.38. The highest BCUT2D eigenvalue weighted by Gasteiger charge is 2.24. The van der Waals surface area contributed by atoms with Crippen LogP contribution in [0.5, 0.6) is 0 Å². The van der Waals surface area contributed by atoms with Gasteiger partial charge in [-0.3, -0.25) is 4.57 Å². The van der Waals surface area contributed by atoms with Gasteiger partial charge in [-0.15, -0.1) is 11.3 Å². The summed E-state index contributed by atoms with van der Waals surface area (Å²) in [6.07, 6.45) is 0. The van der Waals surface area contributed by atoms with E-state index in [4.69, 9.17) is 9.97 Å². The van der Waals surface area contributed by atoms with Gasteiger partial charge in [0.1, 0.15) is 0 Å². The summed E-state index contributed by atoms with van der Waals surface area (Å²) >= 11 is 1.89. The fraction of sp³-hybridized carbons (Fsp3) is 0. The van der Waals surface area contributed by atoms with E-state index >= 15 is 0 Å². The van der Waals surface area contributed by atoms with Crippen molar-refractivity contribution in [2.45, 2.75) is 0 Å². The van der Waals surface area contributed by atoms with Gasteiger partial charge in [0, 0.05) is 58.1 Å². The molecule has 0 aliphatic heterocycles. The molecule has 254 valence electrons. The van der Waals surface area contributed by atoms with Gasteiger partial charge in [-0.1, -0.05) is 127 Å². The fourth-order valence-electron chi connectivity index (χ4n) is 9.47. The molecule has 0 spiro atoms. The van der Waals surface area contributed by atoms with Crippen molar-refractivity contribution in [1.82, 2.24) is 18.9 Å². The van der Waals surface area contributed by atoms with Crippen LogP contribution >= 0.6 is 11.3 Å². The Hall–Kier alpha value is -7.08. The number of nitrogens with zero attached hydrogens (tertiary/aromatic N) is 4. The minimum Gasteiger partial charge on any atom is -0.308 e. The van der Waals surface area contributed by atoms with Crippen LogP contribution in [0.4, 0.5) is 0 Å². The van der Waals surface area contributed by atoms with Crippen LogP contribution in [0.25, 0.3) is 119 Å². The fourth-order valence-corrected chi connectivity index (χ4v) is 10.6. The molecule has 0 unspecified atom stereocenters. The molecule has 0 amide bonds. The van der Waals surface area contributed by atoms with Gasteiger partial charge in [0.2, 0.25) is 5.95 Å². The number of benzene rings is 8. The average molecular weight is 717 g/mol. The average Bonchev–Trinajstić information content (AvgIpc) is 3.91. The first-order chi connectivity index (χ1) is 27.3. The van der Waals surface area contributed by atoms with E-state index in [1.54, 1.807) is 0 Å². The Morgan fingerprint density at radius 3 is 1.85 bits per heavy atom. The second-order valence-corrected chi connectivity index (χ2v) is 15.6. The van der Waals surface area contributed by atoms with Gasteiger partial charge in [-0.2, -0.15) is 0 Å². The maximum Gasteiger partial charge on any atom is 0.235 e. The molecular formula is C50H28N4S. The van der Waals surface area contributed by atoms with Crippen LogP contribution in [-0.4, -0.2) is 18.9 Å². The molecule has 0 radical (unpaired) electrons. The summed E-state index contributed by atoms with van der Waals surface area (Å²) in [4.78, 5) is 10.6. The number of para-hydroxylation sites is 3. The van der Waals surface area contributed by atoms with Crippen LogP contribution < -0.4 is 0 Å². The van der Waals surface area contributed by atoms with Crippen LogP contribution in [-0.2, 0) is 0 Å². The summed E-state index contributed by atoms with van der Waals surface area (Å²) in [6, 6.07) is 61.6. The number of fused-ring (bicyclic) bond motifs is 13. The molecule has 0 N–H and O–H groups in total. The second-order valence-electron chi connectivity index (χ2n) is 14.5. The predicted octanol–water partition coefficient (Wildman–Crippen LogP) is 13.6. The highest BCUT2D eigenvalue weighted by molar-refractivity contribution is 7.26. The summed E-state index contributed by atoms with van der Waals surface area (Å²) in [7, 11) is 0. The molecule has 8 aromatic carbocycles. The van der Waals surface area contributed by atoms with Crippen LogP contribution in [0.3, 0.4) is 0 Å². The molecule has 4 nitrogen and oxygen atoms in total. The van der Waals surface area contributed by atoms with E-state index in [1.807, 2.05) is 11.3 Å². The third-order valence-electron chi connectivity index (χ3n) is 11.7. The first-order valence-corrected chi connectivity index (χ1v) is 19.5. The number of hydrogen-bond donors (Lipinski definition) is 0. The lowest BCUT2D eigenvalue weighted by atomic mass is 10.00. The molecule has 0 atom stereocenters. The molecule has 5 heteroatoms. The van der Waals surface area contributed by atoms with Crippen molar-refractivity contribution in [2.75, 3.05) is 0 Å². The highest BCUT2D eigenvalue weighted by Crippen LogP contribution is 2.48. The van der Waals surface area contributed by atoms with E-state index in [2.05, 4.69) is 179 Å². The Bertz CT molecular complexity index is 3760. The normalized spacial score (nSPS) is 12.4. The Morgan fingerprint density at radius 1 is 0.364 bits per heavy atom. The molecule has 0 fully saturated rings. The van der Waals surface area contributed by atoms with Crippen molar-refractivity contribution in [3.8, 4) is 17.2 Å². The van der Waals surface area contributed by atoms with Crippen LogP contribution in [0.1, 0.15) is 0 Å². The van der Waals surface area contributed by atoms with Crippen LogP contribution in [0.2, 0.25) is 0 Å². The number of thiophene rings is 1. The van der Waals surface area contributed by atoms with Gasteiger partial charge in [0.15, 0.2) is 0 Å². The SMILES string of the molecule is c1ccc(-c2nc(-n3c4ccccc4c4c5c6ccc7sc8cccc9c%10ccccc%10c%10ccccc%10n(c5ccc43)c6c7c89)nc3ccccc23)cc1. The van der Waals surface area contributed by atoms with Crippen molar-refractivity contribution in [1.29, 1.82) is 0 Å². The molecule has 5 aromatic heterocycles. The first-order valence-electron chi connectivity index (χ1n) is 18.7. The summed E-state index contributed by atoms with van der Waals surface area (Å²) in [6.45, 7) is 0. The quantitative estimate of drug-likeness (QED) is 0.179. The minimum atomic E-state index is 0.666. The topological polar surface area (TPSA) is 35.1 Å². The van der Waals surface area contributed by atoms with Crippen molar-refractivity contribution in [3.63, 3.8) is 0 Å². The van der Waals surface area contributed by atoms with Gasteiger partial charge < -0.3 is 4.40 Å². The van der Waals surface area contributed by atoms with Crippen molar-refractivity contribution in [3.05, 3.63) is 170 Å². The zero-order chi connectivity index (χ0) is 35.8. The van der Waals surface area contributed by atoms with Gasteiger partial charge in [0.05, 0.1) is 38.8 Å². The second kappa shape index (κ2) is 10.8. The lowest BCUT2D eigenvalue weighted by Crippen LogP contribution is -2.03. The molecule has 0 aliphatic carbocycles. The van der Waals surface area contributed by atoms with E-state index in [9.17, 15) is 0 Å². The van der Waals surface area contributed by atoms with Crippen molar-refractivity contribution in [2.24, 2.45) is 0 Å². The van der Waals surface area contributed by atoms with Crippen LogP contribution in [0.15, 0.2) is 170 Å². The van der Waals surface area contributed by atoms with Crippen molar-refractivity contribution >= 4 is 113 Å². The van der Waals surface area contributed by atoms with E-state index in [1.165, 1.54) is 79.8 Å². The molecule has 55 heavy (non-hydrogen) atoms. The molecule has 0 saturated carbocycles. The Labute approximate surface area is 317 Å². The minimum absolute atomic E-state index is 0.666. The Morgan fingerprint density at radius 2 is 1.00 bits per heavy atom. The molecule has 13 rings (SSSR count). The van der Waals surface area contributed by atoms with E-state index in [0.29, 0.717) is 5.95 Å². The highest BCUT2D eigenvalue weighted by atomic mass is 32.1. The molecule has 0 bridgehead atoms. The predicted molar refractivity (Wildman–Crippen MR) is 233 cm³/mol. The Balaban J connectivity index is 1.27. The summed E-state index contributed by atoms with van der Waals surface area (Å²) in [5.74, 6) is 0.666. The standard InChI is InChI=1S/C50H28N4S/c1-2-13-29(14-3-1)48-34-18-6-9-21-37(34)51-50(52-48)54-39-23-11-8-19-35(39)44-41(54)27-26-40-45(44)36-25-28-43-47-46-33(20-12-24-42(46)55-43)31-16-5-4-15-30(31)32-17-7-10-22-38(32)53(40)49(36)47/h1-28H. The number of hydrogen-bond acceptors (Lipinski definition) is 3. The zero-order valence-electron chi connectivity index (χ0n) is 29.4. The lowest BCUT2D eigenvalue weighted by molar-refractivity contribution is 1.01. The van der Waals surface area contributed by atoms with Crippen molar-refractivity contribution < 1.29 is 0 Å². The molecule has 0 aliphatic rings. The monoisotopic (exact) mass is 716 g/mol. The van der Waals surface area contributed by atoms with E-state index in [0.717, 1.165) is 33.2 Å².